The first kappa shape index (κ1) is 12.7. The number of benzene rings is 1. The van der Waals surface area contributed by atoms with E-state index in [0.717, 1.165) is 39.2 Å². The quantitative estimate of drug-likeness (QED) is 0.593. The molecule has 17 heavy (non-hydrogen) atoms. The number of alkyl halides is 1. The van der Waals surface area contributed by atoms with E-state index in [1.54, 1.807) is 0 Å². The molecule has 0 atom stereocenters. The van der Waals surface area contributed by atoms with Gasteiger partial charge in [0.1, 0.15) is 0 Å². The molecule has 1 aromatic rings. The number of halogens is 1. The van der Waals surface area contributed by atoms with Crippen LogP contribution >= 0.6 is 11.6 Å². The van der Waals surface area contributed by atoms with Gasteiger partial charge < -0.3 is 4.90 Å². The van der Waals surface area contributed by atoms with Crippen LogP contribution in [-0.2, 0) is 4.84 Å². The molecule has 0 N–H and O–H groups in total. The van der Waals surface area contributed by atoms with Gasteiger partial charge in [-0.2, -0.15) is 5.06 Å². The van der Waals surface area contributed by atoms with Crippen LogP contribution in [0.3, 0.4) is 0 Å². The van der Waals surface area contributed by atoms with Crippen molar-refractivity contribution in [1.29, 1.82) is 0 Å². The van der Waals surface area contributed by atoms with Crippen LogP contribution in [-0.4, -0.2) is 43.7 Å². The topological polar surface area (TPSA) is 15.7 Å². The predicted octanol–water partition coefficient (Wildman–Crippen LogP) is 2.37. The lowest BCUT2D eigenvalue weighted by Gasteiger charge is -2.35. The minimum Gasteiger partial charge on any atom is -0.369 e. The van der Waals surface area contributed by atoms with Crippen LogP contribution in [0.25, 0.3) is 0 Å². The van der Waals surface area contributed by atoms with E-state index in [2.05, 4.69) is 35.2 Å². The Morgan fingerprint density at radius 2 is 1.76 bits per heavy atom. The Labute approximate surface area is 108 Å². The highest BCUT2D eigenvalue weighted by atomic mass is 35.5. The summed E-state index contributed by atoms with van der Waals surface area (Å²) in [6, 6.07) is 10.5. The first-order valence-electron chi connectivity index (χ1n) is 6.14. The summed E-state index contributed by atoms with van der Waals surface area (Å²) < 4.78 is 0. The third-order valence-corrected chi connectivity index (χ3v) is 3.18. The number of nitrogens with zero attached hydrogens (tertiary/aromatic N) is 2. The van der Waals surface area contributed by atoms with Gasteiger partial charge in [-0.15, -0.1) is 11.6 Å². The molecule has 3 nitrogen and oxygen atoms in total. The average molecular weight is 255 g/mol. The van der Waals surface area contributed by atoms with Crippen molar-refractivity contribution in [2.45, 2.75) is 6.42 Å². The van der Waals surface area contributed by atoms with E-state index in [4.69, 9.17) is 16.4 Å². The molecule has 0 aromatic heterocycles. The molecule has 1 aliphatic rings. The van der Waals surface area contributed by atoms with E-state index < -0.39 is 0 Å². The molecular formula is C13H19ClN2O. The van der Waals surface area contributed by atoms with Gasteiger partial charge in [-0.25, -0.2) is 0 Å². The Morgan fingerprint density at radius 1 is 1.06 bits per heavy atom. The van der Waals surface area contributed by atoms with E-state index in [0.29, 0.717) is 5.88 Å². The summed E-state index contributed by atoms with van der Waals surface area (Å²) in [7, 11) is 0. The summed E-state index contributed by atoms with van der Waals surface area (Å²) in [5.74, 6) is 0.671. The van der Waals surface area contributed by atoms with Crippen LogP contribution in [0.5, 0.6) is 0 Å². The Morgan fingerprint density at radius 3 is 2.41 bits per heavy atom. The number of piperazine rings is 1. The predicted molar refractivity (Wildman–Crippen MR) is 71.5 cm³/mol. The van der Waals surface area contributed by atoms with Crippen molar-refractivity contribution in [3.63, 3.8) is 0 Å². The van der Waals surface area contributed by atoms with Gasteiger partial charge in [0.15, 0.2) is 0 Å². The maximum atomic E-state index is 5.63. The Kier molecular flexibility index (Phi) is 5.10. The third-order valence-electron chi connectivity index (χ3n) is 2.91. The molecule has 0 radical (unpaired) electrons. The molecule has 2 rings (SSSR count). The smallest absolute Gasteiger partial charge is 0.0696 e. The van der Waals surface area contributed by atoms with Crippen molar-refractivity contribution in [3.8, 4) is 0 Å². The fourth-order valence-electron chi connectivity index (χ4n) is 1.96. The summed E-state index contributed by atoms with van der Waals surface area (Å²) in [6.45, 7) is 4.68. The van der Waals surface area contributed by atoms with Crippen molar-refractivity contribution >= 4 is 17.3 Å². The summed E-state index contributed by atoms with van der Waals surface area (Å²) in [4.78, 5) is 8.02. The highest BCUT2D eigenvalue weighted by Gasteiger charge is 2.17. The zero-order valence-corrected chi connectivity index (χ0v) is 10.8. The van der Waals surface area contributed by atoms with Crippen LogP contribution in [0.4, 0.5) is 5.69 Å². The third kappa shape index (κ3) is 3.87. The standard InChI is InChI=1S/C13H19ClN2O/c14-7-4-12-17-16-10-8-15(9-11-16)13-5-2-1-3-6-13/h1-3,5-6H,4,7-12H2. The zero-order valence-electron chi connectivity index (χ0n) is 10.0. The van der Waals surface area contributed by atoms with Crippen LogP contribution in [0.15, 0.2) is 30.3 Å². The van der Waals surface area contributed by atoms with Gasteiger partial charge >= 0.3 is 0 Å². The maximum absolute atomic E-state index is 5.63. The molecule has 0 bridgehead atoms. The van der Waals surface area contributed by atoms with Crippen LogP contribution in [0.2, 0.25) is 0 Å². The van der Waals surface area contributed by atoms with Crippen LogP contribution in [0, 0.1) is 0 Å². The minimum absolute atomic E-state index is 0.671. The van der Waals surface area contributed by atoms with Crippen molar-refractivity contribution in [1.82, 2.24) is 5.06 Å². The lowest BCUT2D eigenvalue weighted by Crippen LogP contribution is -2.46. The first-order valence-corrected chi connectivity index (χ1v) is 6.67. The van der Waals surface area contributed by atoms with Gasteiger partial charge in [-0.3, -0.25) is 4.84 Å². The first-order chi connectivity index (χ1) is 8.40. The molecular weight excluding hydrogens is 236 g/mol. The molecule has 0 unspecified atom stereocenters. The molecule has 0 aliphatic carbocycles. The second-order valence-electron chi connectivity index (χ2n) is 4.13. The van der Waals surface area contributed by atoms with Gasteiger partial charge in [-0.05, 0) is 18.6 Å². The van der Waals surface area contributed by atoms with Crippen molar-refractivity contribution in [2.24, 2.45) is 0 Å². The zero-order chi connectivity index (χ0) is 11.9. The van der Waals surface area contributed by atoms with Gasteiger partial charge in [-0.1, -0.05) is 18.2 Å². The van der Waals surface area contributed by atoms with E-state index in [1.807, 2.05) is 5.06 Å². The Hall–Kier alpha value is -0.770. The van der Waals surface area contributed by atoms with Crippen molar-refractivity contribution in [3.05, 3.63) is 30.3 Å². The largest absolute Gasteiger partial charge is 0.369 e. The fraction of sp³-hybridized carbons (Fsp3) is 0.538. The van der Waals surface area contributed by atoms with E-state index in [1.165, 1.54) is 5.69 Å². The van der Waals surface area contributed by atoms with Crippen molar-refractivity contribution < 1.29 is 4.84 Å². The minimum atomic E-state index is 0.671. The summed E-state index contributed by atoms with van der Waals surface area (Å²) in [5, 5.41) is 2.05. The second-order valence-corrected chi connectivity index (χ2v) is 4.51. The highest BCUT2D eigenvalue weighted by molar-refractivity contribution is 6.17. The molecule has 1 saturated heterocycles. The number of rotatable bonds is 5. The summed E-state index contributed by atoms with van der Waals surface area (Å²) in [6.07, 6.45) is 0.917. The number of para-hydroxylation sites is 1. The molecule has 0 amide bonds. The second kappa shape index (κ2) is 6.84. The monoisotopic (exact) mass is 254 g/mol. The molecule has 0 saturated carbocycles. The van der Waals surface area contributed by atoms with E-state index >= 15 is 0 Å². The molecule has 1 fully saturated rings. The van der Waals surface area contributed by atoms with E-state index in [-0.39, 0.29) is 0 Å². The number of hydrogen-bond donors (Lipinski definition) is 0. The molecule has 1 aliphatic heterocycles. The number of hydrogen-bond acceptors (Lipinski definition) is 3. The lowest BCUT2D eigenvalue weighted by atomic mass is 10.2. The van der Waals surface area contributed by atoms with E-state index in [9.17, 15) is 0 Å². The summed E-state index contributed by atoms with van der Waals surface area (Å²) in [5.41, 5.74) is 1.30. The molecule has 1 heterocycles. The lowest BCUT2D eigenvalue weighted by molar-refractivity contribution is -0.161. The van der Waals surface area contributed by atoms with Gasteiger partial charge in [0, 0.05) is 37.7 Å². The maximum Gasteiger partial charge on any atom is 0.0696 e. The molecule has 0 spiro atoms. The Bertz CT molecular complexity index is 312. The molecule has 94 valence electrons. The summed E-state index contributed by atoms with van der Waals surface area (Å²) >= 11 is 5.62. The van der Waals surface area contributed by atoms with Gasteiger partial charge in [0.25, 0.3) is 0 Å². The molecule has 1 aromatic carbocycles. The number of anilines is 1. The van der Waals surface area contributed by atoms with Gasteiger partial charge in [0.2, 0.25) is 0 Å². The van der Waals surface area contributed by atoms with Crippen LogP contribution in [0.1, 0.15) is 6.42 Å². The SMILES string of the molecule is ClCCCON1CCN(c2ccccc2)CC1. The van der Waals surface area contributed by atoms with Crippen molar-refractivity contribution in [2.75, 3.05) is 43.6 Å². The fourth-order valence-corrected chi connectivity index (χ4v) is 2.07. The van der Waals surface area contributed by atoms with Crippen LogP contribution < -0.4 is 4.90 Å². The number of hydroxylamine groups is 2. The average Bonchev–Trinajstić information content (AvgIpc) is 2.41. The molecule has 4 heteroatoms. The normalized spacial score (nSPS) is 17.4. The van der Waals surface area contributed by atoms with Gasteiger partial charge in [0.05, 0.1) is 6.61 Å². The highest BCUT2D eigenvalue weighted by Crippen LogP contribution is 2.15. The Balaban J connectivity index is 1.74.